The Balaban J connectivity index is 3.28. The van der Waals surface area contributed by atoms with Crippen molar-refractivity contribution in [2.24, 2.45) is 0 Å². The van der Waals surface area contributed by atoms with E-state index in [1.807, 2.05) is 6.08 Å². The zero-order valence-electron chi connectivity index (χ0n) is 17.7. The maximum Gasteiger partial charge on any atom is 0.112 e. The van der Waals surface area contributed by atoms with Crippen molar-refractivity contribution in [3.63, 3.8) is 0 Å². The predicted molar refractivity (Wildman–Crippen MR) is 114 cm³/mol. The summed E-state index contributed by atoms with van der Waals surface area (Å²) in [6.45, 7) is 1.72. The van der Waals surface area contributed by atoms with Gasteiger partial charge in [-0.25, -0.2) is 0 Å². The summed E-state index contributed by atoms with van der Waals surface area (Å²) in [4.78, 5) is 0. The molecule has 0 fully saturated rings. The molecule has 0 aliphatic rings. The molecule has 0 unspecified atom stereocenters. The van der Waals surface area contributed by atoms with Crippen molar-refractivity contribution in [1.29, 1.82) is 0 Å². The van der Waals surface area contributed by atoms with Gasteiger partial charge in [0.1, 0.15) is 18.3 Å². The normalized spacial score (nSPS) is 15.3. The Morgan fingerprint density at radius 2 is 1.04 bits per heavy atom. The highest BCUT2D eigenvalue weighted by Gasteiger charge is 2.21. The van der Waals surface area contributed by atoms with Gasteiger partial charge in [-0.3, -0.25) is 0 Å². The van der Waals surface area contributed by atoms with Crippen LogP contribution in [0.25, 0.3) is 0 Å². The number of hydrogen-bond acceptors (Lipinski definition) is 4. The quantitative estimate of drug-likeness (QED) is 0.178. The van der Waals surface area contributed by atoms with E-state index in [0.29, 0.717) is 0 Å². The fourth-order valence-corrected chi connectivity index (χ4v) is 3.32. The third-order valence-electron chi connectivity index (χ3n) is 5.24. The van der Waals surface area contributed by atoms with Gasteiger partial charge in [-0.05, 0) is 12.8 Å². The first-order valence-corrected chi connectivity index (χ1v) is 11.4. The number of unbranched alkanes of at least 4 members (excludes halogenated alkanes) is 15. The molecule has 0 aromatic heterocycles. The van der Waals surface area contributed by atoms with E-state index in [2.05, 4.69) is 6.92 Å². The summed E-state index contributed by atoms with van der Waals surface area (Å²) in [6.07, 6.45) is 20.7. The second-order valence-electron chi connectivity index (χ2n) is 7.90. The Morgan fingerprint density at radius 3 is 1.44 bits per heavy atom. The lowest BCUT2D eigenvalue weighted by Crippen LogP contribution is -2.38. The Labute approximate surface area is 167 Å². The van der Waals surface area contributed by atoms with Crippen LogP contribution in [0.4, 0.5) is 0 Å². The Hall–Kier alpha value is -0.420. The second kappa shape index (κ2) is 20.3. The summed E-state index contributed by atoms with van der Waals surface area (Å²) in [6, 6.07) is 0. The predicted octanol–water partition coefficient (Wildman–Crippen LogP) is 4.88. The molecule has 0 rings (SSSR count). The fraction of sp³-hybridized carbons (Fsp3) is 0.913. The minimum Gasteiger partial charge on any atom is -0.394 e. The molecular weight excluding hydrogens is 340 g/mol. The highest BCUT2D eigenvalue weighted by Crippen LogP contribution is 2.14. The zero-order valence-corrected chi connectivity index (χ0v) is 17.7. The molecule has 0 spiro atoms. The molecule has 162 valence electrons. The van der Waals surface area contributed by atoms with E-state index in [9.17, 15) is 15.3 Å². The summed E-state index contributed by atoms with van der Waals surface area (Å²) < 4.78 is 0. The van der Waals surface area contributed by atoms with Crippen LogP contribution in [0.2, 0.25) is 0 Å². The van der Waals surface area contributed by atoms with Crippen LogP contribution in [0.15, 0.2) is 12.2 Å². The molecule has 0 saturated carbocycles. The monoisotopic (exact) mass is 386 g/mol. The molecule has 3 atom stereocenters. The van der Waals surface area contributed by atoms with Crippen molar-refractivity contribution < 1.29 is 20.4 Å². The minimum atomic E-state index is -1.33. The van der Waals surface area contributed by atoms with Gasteiger partial charge in [0.25, 0.3) is 0 Å². The van der Waals surface area contributed by atoms with Crippen molar-refractivity contribution in [2.45, 2.75) is 128 Å². The highest BCUT2D eigenvalue weighted by atomic mass is 16.4. The molecule has 27 heavy (non-hydrogen) atoms. The summed E-state index contributed by atoms with van der Waals surface area (Å²) in [5.74, 6) is 0. The molecule has 4 heteroatoms. The maximum atomic E-state index is 9.64. The lowest BCUT2D eigenvalue weighted by atomic mass is 10.0. The first kappa shape index (κ1) is 26.6. The first-order valence-electron chi connectivity index (χ1n) is 11.4. The van der Waals surface area contributed by atoms with Gasteiger partial charge in [0.2, 0.25) is 0 Å². The molecule has 4 nitrogen and oxygen atoms in total. The highest BCUT2D eigenvalue weighted by molar-refractivity contribution is 4.94. The number of allylic oxidation sites excluding steroid dienone is 1. The van der Waals surface area contributed by atoms with Crippen molar-refractivity contribution in [3.05, 3.63) is 12.2 Å². The van der Waals surface area contributed by atoms with Gasteiger partial charge < -0.3 is 20.4 Å². The molecule has 0 saturated heterocycles. The number of hydrogen-bond donors (Lipinski definition) is 4. The van der Waals surface area contributed by atoms with Crippen LogP contribution in [0, 0.1) is 0 Å². The van der Waals surface area contributed by atoms with E-state index in [4.69, 9.17) is 5.11 Å². The third kappa shape index (κ3) is 17.4. The minimum absolute atomic E-state index is 0.550. The van der Waals surface area contributed by atoms with Crippen LogP contribution >= 0.6 is 0 Å². The summed E-state index contributed by atoms with van der Waals surface area (Å²) >= 11 is 0. The summed E-state index contributed by atoms with van der Waals surface area (Å²) in [5.41, 5.74) is 0. The zero-order chi connectivity index (χ0) is 20.2. The molecule has 0 heterocycles. The SMILES string of the molecule is CCCCCCCCCCCCCCCCC/C=C\[C@@H](O)[C@H](O)[C@H](O)CO. The largest absolute Gasteiger partial charge is 0.394 e. The van der Waals surface area contributed by atoms with E-state index in [1.165, 1.54) is 96.0 Å². The van der Waals surface area contributed by atoms with Crippen LogP contribution in [-0.2, 0) is 0 Å². The summed E-state index contributed by atoms with van der Waals surface area (Å²) in [7, 11) is 0. The van der Waals surface area contributed by atoms with E-state index in [-0.39, 0.29) is 0 Å². The average Bonchev–Trinajstić information content (AvgIpc) is 2.68. The van der Waals surface area contributed by atoms with Gasteiger partial charge in [0.05, 0.1) is 6.61 Å². The van der Waals surface area contributed by atoms with Crippen molar-refractivity contribution >= 4 is 0 Å². The van der Waals surface area contributed by atoms with Crippen LogP contribution in [0.5, 0.6) is 0 Å². The maximum absolute atomic E-state index is 9.64. The number of aliphatic hydroxyl groups is 4. The Bertz CT molecular complexity index is 320. The van der Waals surface area contributed by atoms with Gasteiger partial charge in [-0.1, -0.05) is 109 Å². The molecule has 4 N–H and O–H groups in total. The average molecular weight is 387 g/mol. The summed E-state index contributed by atoms with van der Waals surface area (Å²) in [5, 5.41) is 37.1. The Kier molecular flexibility index (Phi) is 20.0. The van der Waals surface area contributed by atoms with Gasteiger partial charge in [-0.2, -0.15) is 0 Å². The van der Waals surface area contributed by atoms with Gasteiger partial charge in [-0.15, -0.1) is 0 Å². The van der Waals surface area contributed by atoms with E-state index >= 15 is 0 Å². The van der Waals surface area contributed by atoms with E-state index < -0.39 is 24.9 Å². The smallest absolute Gasteiger partial charge is 0.112 e. The third-order valence-corrected chi connectivity index (χ3v) is 5.24. The topological polar surface area (TPSA) is 80.9 Å². The number of rotatable bonds is 20. The lowest BCUT2D eigenvalue weighted by molar-refractivity contribution is -0.0611. The number of aliphatic hydroxyl groups excluding tert-OH is 4. The Morgan fingerprint density at radius 1 is 0.630 bits per heavy atom. The van der Waals surface area contributed by atoms with Crippen molar-refractivity contribution in [3.8, 4) is 0 Å². The molecule has 0 radical (unpaired) electrons. The molecule has 0 aliphatic heterocycles. The van der Waals surface area contributed by atoms with Crippen LogP contribution in [0.3, 0.4) is 0 Å². The molecule has 0 bridgehead atoms. The second-order valence-corrected chi connectivity index (χ2v) is 7.90. The van der Waals surface area contributed by atoms with Crippen LogP contribution in [0.1, 0.15) is 110 Å². The van der Waals surface area contributed by atoms with E-state index in [1.54, 1.807) is 0 Å². The van der Waals surface area contributed by atoms with Gasteiger partial charge in [0, 0.05) is 0 Å². The lowest BCUT2D eigenvalue weighted by Gasteiger charge is -2.18. The van der Waals surface area contributed by atoms with E-state index in [0.717, 1.165) is 12.8 Å². The molecule has 0 aromatic carbocycles. The first-order chi connectivity index (χ1) is 13.1. The van der Waals surface area contributed by atoms with Gasteiger partial charge >= 0.3 is 0 Å². The molecule has 0 amide bonds. The van der Waals surface area contributed by atoms with Crippen LogP contribution < -0.4 is 0 Å². The molecular formula is C23H46O4. The van der Waals surface area contributed by atoms with Crippen molar-refractivity contribution in [1.82, 2.24) is 0 Å². The molecule has 0 aromatic rings. The van der Waals surface area contributed by atoms with Crippen molar-refractivity contribution in [2.75, 3.05) is 6.61 Å². The fourth-order valence-electron chi connectivity index (χ4n) is 3.32. The standard InChI is InChI=1S/C23H46O4/c1-2-3-4-5-6-7-8-9-10-11-12-13-14-15-16-17-18-19-21(25)23(27)22(26)20-24/h18-19,21-27H,2-17,20H2,1H3/b19-18-/t21-,22-,23+/m1/s1. The van der Waals surface area contributed by atoms with Gasteiger partial charge in [0.15, 0.2) is 0 Å². The molecule has 0 aliphatic carbocycles. The van der Waals surface area contributed by atoms with Crippen LogP contribution in [-0.4, -0.2) is 45.3 Å².